The molecule has 4 heteroatoms. The molecule has 0 bridgehead atoms. The fraction of sp³-hybridized carbons (Fsp3) is 0. The summed E-state index contributed by atoms with van der Waals surface area (Å²) in [5.41, 5.74) is 2.37. The van der Waals surface area contributed by atoms with Gasteiger partial charge >= 0.3 is 5.82 Å². The molecule has 0 amide bonds. The van der Waals surface area contributed by atoms with E-state index in [-0.39, 0.29) is 5.82 Å². The summed E-state index contributed by atoms with van der Waals surface area (Å²) in [5.74, 6) is 0.124. The smallest absolute Gasteiger partial charge is 0.308 e. The Bertz CT molecular complexity index is 443. The van der Waals surface area contributed by atoms with E-state index in [1.165, 1.54) is 6.07 Å². The molecular weight excluding hydrogens is 168 g/mol. The number of pyridine rings is 1. The summed E-state index contributed by atoms with van der Waals surface area (Å²) in [5, 5.41) is 20.9. The average Bonchev–Trinajstić information content (AvgIpc) is 2.19. The highest BCUT2D eigenvalue weighted by Gasteiger charge is 2.04. The first kappa shape index (κ1) is 7.82. The molecule has 66 valence electrons. The zero-order chi connectivity index (χ0) is 9.26. The van der Waals surface area contributed by atoms with E-state index in [9.17, 15) is 5.21 Å². The SMILES string of the molecule is [O-][n+]1c(NO)ccc2ccccc21. The summed E-state index contributed by atoms with van der Waals surface area (Å²) in [6, 6.07) is 10.5. The van der Waals surface area contributed by atoms with Crippen molar-refractivity contribution in [3.63, 3.8) is 0 Å². The number of anilines is 1. The Morgan fingerprint density at radius 1 is 1.15 bits per heavy atom. The summed E-state index contributed by atoms with van der Waals surface area (Å²) in [6.45, 7) is 0. The average molecular weight is 176 g/mol. The molecule has 0 aliphatic carbocycles. The van der Waals surface area contributed by atoms with E-state index in [2.05, 4.69) is 0 Å². The van der Waals surface area contributed by atoms with Gasteiger partial charge in [-0.05, 0) is 12.1 Å². The topological polar surface area (TPSA) is 59.2 Å². The monoisotopic (exact) mass is 176 g/mol. The normalized spacial score (nSPS) is 10.2. The largest absolute Gasteiger partial charge is 0.710 e. The second-order valence-corrected chi connectivity index (χ2v) is 2.68. The van der Waals surface area contributed by atoms with Gasteiger partial charge in [0, 0.05) is 11.5 Å². The summed E-state index contributed by atoms with van der Waals surface area (Å²) >= 11 is 0. The van der Waals surface area contributed by atoms with Gasteiger partial charge in [-0.15, -0.1) is 5.48 Å². The van der Waals surface area contributed by atoms with Crippen molar-refractivity contribution >= 4 is 16.7 Å². The van der Waals surface area contributed by atoms with Crippen molar-refractivity contribution in [3.05, 3.63) is 41.6 Å². The molecule has 4 nitrogen and oxygen atoms in total. The molecule has 13 heavy (non-hydrogen) atoms. The van der Waals surface area contributed by atoms with Crippen LogP contribution in [0.25, 0.3) is 10.9 Å². The van der Waals surface area contributed by atoms with Gasteiger partial charge in [0.15, 0.2) is 0 Å². The minimum atomic E-state index is 0.124. The third-order valence-electron chi connectivity index (χ3n) is 1.91. The Morgan fingerprint density at radius 3 is 2.69 bits per heavy atom. The van der Waals surface area contributed by atoms with Crippen LogP contribution < -0.4 is 10.2 Å². The van der Waals surface area contributed by atoms with Gasteiger partial charge in [-0.3, -0.25) is 0 Å². The van der Waals surface area contributed by atoms with Gasteiger partial charge in [0.05, 0.1) is 0 Å². The first-order valence-corrected chi connectivity index (χ1v) is 3.84. The van der Waals surface area contributed by atoms with E-state index >= 15 is 0 Å². The van der Waals surface area contributed by atoms with Crippen LogP contribution in [0.2, 0.25) is 0 Å². The number of benzene rings is 1. The first-order chi connectivity index (χ1) is 6.33. The van der Waals surface area contributed by atoms with E-state index in [4.69, 9.17) is 5.21 Å². The molecule has 0 aliphatic heterocycles. The molecule has 2 aromatic rings. The molecule has 0 saturated heterocycles. The number of para-hydroxylation sites is 1. The van der Waals surface area contributed by atoms with E-state index in [0.29, 0.717) is 10.2 Å². The molecule has 0 radical (unpaired) electrons. The number of aromatic nitrogens is 1. The predicted octanol–water partition coefficient (Wildman–Crippen LogP) is 1.27. The molecular formula is C9H8N2O2. The fourth-order valence-corrected chi connectivity index (χ4v) is 1.26. The second-order valence-electron chi connectivity index (χ2n) is 2.68. The molecule has 1 heterocycles. The highest BCUT2D eigenvalue weighted by Crippen LogP contribution is 2.11. The quantitative estimate of drug-likeness (QED) is 0.391. The van der Waals surface area contributed by atoms with Gasteiger partial charge in [0.1, 0.15) is 5.52 Å². The van der Waals surface area contributed by atoms with Gasteiger partial charge < -0.3 is 5.21 Å². The Morgan fingerprint density at radius 2 is 1.92 bits per heavy atom. The molecule has 2 N–H and O–H groups in total. The molecule has 2 rings (SSSR count). The number of rotatable bonds is 1. The van der Waals surface area contributed by atoms with Gasteiger partial charge in [-0.2, -0.15) is 0 Å². The van der Waals surface area contributed by atoms with Crippen LogP contribution in [-0.2, 0) is 0 Å². The zero-order valence-electron chi connectivity index (χ0n) is 6.77. The van der Waals surface area contributed by atoms with Crippen LogP contribution in [0.1, 0.15) is 0 Å². The Labute approximate surface area is 74.6 Å². The first-order valence-electron chi connectivity index (χ1n) is 3.84. The van der Waals surface area contributed by atoms with Crippen LogP contribution in [-0.4, -0.2) is 5.21 Å². The molecule has 0 spiro atoms. The zero-order valence-corrected chi connectivity index (χ0v) is 6.77. The standard InChI is InChI=1S/C9H8N2O2/c12-10-9-6-5-7-3-1-2-4-8(7)11(9)13/h1-6,10,12H. The molecule has 0 atom stereocenters. The summed E-state index contributed by atoms with van der Waals surface area (Å²) in [4.78, 5) is 0. The number of nitrogens with one attached hydrogen (secondary N) is 1. The third-order valence-corrected chi connectivity index (χ3v) is 1.91. The molecule has 0 aliphatic rings. The molecule has 1 aromatic heterocycles. The summed E-state index contributed by atoms with van der Waals surface area (Å²) in [7, 11) is 0. The predicted molar refractivity (Wildman–Crippen MR) is 48.3 cm³/mol. The van der Waals surface area contributed by atoms with E-state index in [1.807, 2.05) is 17.6 Å². The lowest BCUT2D eigenvalue weighted by Crippen LogP contribution is -2.30. The number of hydrogen-bond donors (Lipinski definition) is 2. The lowest BCUT2D eigenvalue weighted by molar-refractivity contribution is -0.563. The molecule has 0 saturated carbocycles. The maximum absolute atomic E-state index is 11.5. The van der Waals surface area contributed by atoms with Crippen molar-refractivity contribution in [1.82, 2.24) is 0 Å². The van der Waals surface area contributed by atoms with Crippen LogP contribution in [0.4, 0.5) is 5.82 Å². The minimum absolute atomic E-state index is 0.124. The van der Waals surface area contributed by atoms with Crippen molar-refractivity contribution in [2.24, 2.45) is 0 Å². The van der Waals surface area contributed by atoms with Crippen molar-refractivity contribution in [2.45, 2.75) is 0 Å². The third kappa shape index (κ3) is 1.17. The van der Waals surface area contributed by atoms with Gasteiger partial charge in [-0.25, -0.2) is 9.94 Å². The lowest BCUT2D eigenvalue weighted by Gasteiger charge is -2.08. The Kier molecular flexibility index (Phi) is 1.75. The lowest BCUT2D eigenvalue weighted by atomic mass is 10.2. The van der Waals surface area contributed by atoms with E-state index < -0.39 is 0 Å². The van der Waals surface area contributed by atoms with E-state index in [0.717, 1.165) is 5.39 Å². The van der Waals surface area contributed by atoms with Crippen molar-refractivity contribution < 1.29 is 9.94 Å². The molecule has 0 unspecified atom stereocenters. The van der Waals surface area contributed by atoms with Crippen LogP contribution in [0.5, 0.6) is 0 Å². The van der Waals surface area contributed by atoms with Crippen LogP contribution in [0, 0.1) is 5.21 Å². The van der Waals surface area contributed by atoms with Gasteiger partial charge in [0.25, 0.3) is 0 Å². The van der Waals surface area contributed by atoms with Crippen LogP contribution >= 0.6 is 0 Å². The van der Waals surface area contributed by atoms with Crippen LogP contribution in [0.15, 0.2) is 36.4 Å². The highest BCUT2D eigenvalue weighted by atomic mass is 16.5. The van der Waals surface area contributed by atoms with Crippen molar-refractivity contribution in [1.29, 1.82) is 0 Å². The number of fused-ring (bicyclic) bond motifs is 1. The van der Waals surface area contributed by atoms with Gasteiger partial charge in [0.2, 0.25) is 0 Å². The minimum Gasteiger partial charge on any atom is -0.710 e. The Hall–Kier alpha value is -1.81. The fourth-order valence-electron chi connectivity index (χ4n) is 1.26. The Balaban J connectivity index is 2.79. The highest BCUT2D eigenvalue weighted by molar-refractivity contribution is 5.76. The summed E-state index contributed by atoms with van der Waals surface area (Å²) < 4.78 is 0.648. The van der Waals surface area contributed by atoms with Crippen molar-refractivity contribution in [2.75, 3.05) is 5.48 Å². The molecule has 0 fully saturated rings. The summed E-state index contributed by atoms with van der Waals surface area (Å²) in [6.07, 6.45) is 0. The van der Waals surface area contributed by atoms with Crippen molar-refractivity contribution in [3.8, 4) is 0 Å². The maximum Gasteiger partial charge on any atom is 0.308 e. The second kappa shape index (κ2) is 2.91. The van der Waals surface area contributed by atoms with E-state index in [1.54, 1.807) is 18.2 Å². The van der Waals surface area contributed by atoms with Gasteiger partial charge in [-0.1, -0.05) is 18.2 Å². The van der Waals surface area contributed by atoms with Crippen LogP contribution in [0.3, 0.4) is 0 Å². The maximum atomic E-state index is 11.5. The number of nitrogens with zero attached hydrogens (tertiary/aromatic N) is 1. The molecule has 1 aromatic carbocycles. The number of hydrogen-bond acceptors (Lipinski definition) is 3.